The number of carbonyl (C=O) groups is 1. The topological polar surface area (TPSA) is 87.4 Å². The van der Waals surface area contributed by atoms with Crippen LogP contribution in [-0.4, -0.2) is 52.1 Å². The Labute approximate surface area is 156 Å². The largest absolute Gasteiger partial charge is 0.360 e. The molecule has 8 nitrogen and oxygen atoms in total. The first kappa shape index (κ1) is 17.0. The molecule has 1 aliphatic rings. The van der Waals surface area contributed by atoms with E-state index in [9.17, 15) is 4.79 Å². The maximum Gasteiger partial charge on any atom is 0.255 e. The molecule has 27 heavy (non-hydrogen) atoms. The highest BCUT2D eigenvalue weighted by Crippen LogP contribution is 2.17. The minimum Gasteiger partial charge on any atom is -0.360 e. The van der Waals surface area contributed by atoms with E-state index >= 15 is 0 Å². The number of piperazine rings is 1. The number of aromatic nitrogens is 3. The highest BCUT2D eigenvalue weighted by molar-refractivity contribution is 5.94. The number of anilines is 3. The van der Waals surface area contributed by atoms with Gasteiger partial charge in [0.25, 0.3) is 5.91 Å². The van der Waals surface area contributed by atoms with E-state index in [4.69, 9.17) is 4.52 Å². The lowest BCUT2D eigenvalue weighted by Gasteiger charge is -2.35. The van der Waals surface area contributed by atoms with Gasteiger partial charge in [-0.3, -0.25) is 4.79 Å². The molecule has 1 N–H and O–H groups in total. The SMILES string of the molecule is Cc1cc(Nc2ccc(C(=O)N3CCN(c4ccccn4)CC3)cn2)no1. The van der Waals surface area contributed by atoms with Crippen LogP contribution >= 0.6 is 0 Å². The van der Waals surface area contributed by atoms with Gasteiger partial charge in [0.05, 0.1) is 5.56 Å². The molecule has 4 rings (SSSR count). The minimum atomic E-state index is -0.00741. The number of amides is 1. The smallest absolute Gasteiger partial charge is 0.255 e. The van der Waals surface area contributed by atoms with Gasteiger partial charge < -0.3 is 19.6 Å². The van der Waals surface area contributed by atoms with Crippen molar-refractivity contribution in [3.8, 4) is 0 Å². The van der Waals surface area contributed by atoms with Crippen LogP contribution in [0.1, 0.15) is 16.1 Å². The summed E-state index contributed by atoms with van der Waals surface area (Å²) in [7, 11) is 0. The summed E-state index contributed by atoms with van der Waals surface area (Å²) in [6.07, 6.45) is 3.37. The molecule has 0 radical (unpaired) electrons. The number of hydrogen-bond acceptors (Lipinski definition) is 7. The molecular weight excluding hydrogens is 344 g/mol. The Bertz CT molecular complexity index is 901. The molecule has 138 valence electrons. The van der Waals surface area contributed by atoms with Crippen molar-refractivity contribution in [2.75, 3.05) is 36.4 Å². The van der Waals surface area contributed by atoms with Gasteiger partial charge in [-0.2, -0.15) is 0 Å². The summed E-state index contributed by atoms with van der Waals surface area (Å²) in [4.78, 5) is 25.4. The summed E-state index contributed by atoms with van der Waals surface area (Å²) in [6.45, 7) is 4.67. The van der Waals surface area contributed by atoms with Crippen molar-refractivity contribution in [3.05, 3.63) is 60.1 Å². The molecule has 0 aromatic carbocycles. The second-order valence-electron chi connectivity index (χ2n) is 6.35. The van der Waals surface area contributed by atoms with E-state index in [1.807, 2.05) is 30.0 Å². The van der Waals surface area contributed by atoms with Gasteiger partial charge in [-0.15, -0.1) is 0 Å². The van der Waals surface area contributed by atoms with Gasteiger partial charge in [0.2, 0.25) is 0 Å². The molecule has 0 bridgehead atoms. The fourth-order valence-corrected chi connectivity index (χ4v) is 3.01. The van der Waals surface area contributed by atoms with Crippen molar-refractivity contribution in [2.24, 2.45) is 0 Å². The Morgan fingerprint density at radius 1 is 1.07 bits per heavy atom. The van der Waals surface area contributed by atoms with Crippen LogP contribution in [0.2, 0.25) is 0 Å². The van der Waals surface area contributed by atoms with Gasteiger partial charge in [-0.05, 0) is 31.2 Å². The summed E-state index contributed by atoms with van der Waals surface area (Å²) in [5, 5.41) is 6.90. The Kier molecular flexibility index (Phi) is 4.69. The standard InChI is InChI=1S/C19H20N6O2/c1-14-12-17(23-27-14)22-16-6-5-15(13-21-16)19(26)25-10-8-24(9-11-25)18-4-2-3-7-20-18/h2-7,12-13H,8-11H2,1H3,(H,21,22,23). The predicted octanol–water partition coefficient (Wildman–Crippen LogP) is 2.48. The third-order valence-corrected chi connectivity index (χ3v) is 4.43. The van der Waals surface area contributed by atoms with Crippen LogP contribution in [0.5, 0.6) is 0 Å². The fraction of sp³-hybridized carbons (Fsp3) is 0.263. The van der Waals surface area contributed by atoms with Gasteiger partial charge >= 0.3 is 0 Å². The van der Waals surface area contributed by atoms with Gasteiger partial charge in [0.15, 0.2) is 5.82 Å². The van der Waals surface area contributed by atoms with Crippen LogP contribution in [0.25, 0.3) is 0 Å². The molecule has 8 heteroatoms. The van der Waals surface area contributed by atoms with Crippen molar-refractivity contribution >= 4 is 23.4 Å². The molecule has 0 spiro atoms. The molecule has 0 aliphatic carbocycles. The molecule has 1 fully saturated rings. The zero-order valence-corrected chi connectivity index (χ0v) is 15.0. The van der Waals surface area contributed by atoms with Gasteiger partial charge in [0, 0.05) is 44.6 Å². The predicted molar refractivity (Wildman–Crippen MR) is 101 cm³/mol. The van der Waals surface area contributed by atoms with Crippen molar-refractivity contribution in [3.63, 3.8) is 0 Å². The molecule has 1 aliphatic heterocycles. The van der Waals surface area contributed by atoms with Crippen LogP contribution in [0.3, 0.4) is 0 Å². The average Bonchev–Trinajstić information content (AvgIpc) is 3.13. The Balaban J connectivity index is 1.36. The summed E-state index contributed by atoms with van der Waals surface area (Å²) in [6, 6.07) is 11.2. The maximum absolute atomic E-state index is 12.7. The minimum absolute atomic E-state index is 0.00741. The van der Waals surface area contributed by atoms with Gasteiger partial charge in [-0.1, -0.05) is 11.2 Å². The van der Waals surface area contributed by atoms with E-state index < -0.39 is 0 Å². The number of rotatable bonds is 4. The fourth-order valence-electron chi connectivity index (χ4n) is 3.01. The number of hydrogen-bond donors (Lipinski definition) is 1. The van der Waals surface area contributed by atoms with E-state index in [2.05, 4.69) is 25.3 Å². The lowest BCUT2D eigenvalue weighted by atomic mass is 10.2. The van der Waals surface area contributed by atoms with E-state index in [1.165, 1.54) is 0 Å². The molecule has 1 amide bonds. The molecule has 3 aromatic heterocycles. The summed E-state index contributed by atoms with van der Waals surface area (Å²) < 4.78 is 5.01. The van der Waals surface area contributed by atoms with Crippen LogP contribution in [0.15, 0.2) is 53.3 Å². The third kappa shape index (κ3) is 3.89. The quantitative estimate of drug-likeness (QED) is 0.761. The van der Waals surface area contributed by atoms with Crippen molar-refractivity contribution < 1.29 is 9.32 Å². The zero-order valence-electron chi connectivity index (χ0n) is 15.0. The highest BCUT2D eigenvalue weighted by atomic mass is 16.5. The Morgan fingerprint density at radius 2 is 1.93 bits per heavy atom. The number of aryl methyl sites for hydroxylation is 1. The average molecular weight is 364 g/mol. The highest BCUT2D eigenvalue weighted by Gasteiger charge is 2.23. The molecule has 0 saturated carbocycles. The monoisotopic (exact) mass is 364 g/mol. The Hall–Kier alpha value is -3.42. The van der Waals surface area contributed by atoms with E-state index in [0.29, 0.717) is 36.0 Å². The summed E-state index contributed by atoms with van der Waals surface area (Å²) in [5.41, 5.74) is 0.572. The molecule has 4 heterocycles. The normalized spacial score (nSPS) is 14.3. The van der Waals surface area contributed by atoms with Crippen molar-refractivity contribution in [1.29, 1.82) is 0 Å². The summed E-state index contributed by atoms with van der Waals surface area (Å²) in [5.74, 6) is 2.86. The van der Waals surface area contributed by atoms with Crippen molar-refractivity contribution in [1.82, 2.24) is 20.0 Å². The van der Waals surface area contributed by atoms with Crippen LogP contribution in [0.4, 0.5) is 17.5 Å². The molecule has 3 aromatic rings. The molecular formula is C19H20N6O2. The van der Waals surface area contributed by atoms with Gasteiger partial charge in [0.1, 0.15) is 17.4 Å². The lowest BCUT2D eigenvalue weighted by Crippen LogP contribution is -2.49. The van der Waals surface area contributed by atoms with Crippen LogP contribution < -0.4 is 10.2 Å². The van der Waals surface area contributed by atoms with Crippen molar-refractivity contribution in [2.45, 2.75) is 6.92 Å². The number of pyridine rings is 2. The Morgan fingerprint density at radius 3 is 2.56 bits per heavy atom. The second kappa shape index (κ2) is 7.45. The molecule has 1 saturated heterocycles. The number of nitrogens with zero attached hydrogens (tertiary/aromatic N) is 5. The maximum atomic E-state index is 12.7. The zero-order chi connectivity index (χ0) is 18.6. The van der Waals surface area contributed by atoms with E-state index in [1.54, 1.807) is 30.6 Å². The second-order valence-corrected chi connectivity index (χ2v) is 6.35. The lowest BCUT2D eigenvalue weighted by molar-refractivity contribution is 0.0746. The molecule has 0 unspecified atom stereocenters. The first-order valence-corrected chi connectivity index (χ1v) is 8.81. The molecule has 0 atom stereocenters. The van der Waals surface area contributed by atoms with E-state index in [0.717, 1.165) is 18.9 Å². The van der Waals surface area contributed by atoms with Gasteiger partial charge in [-0.25, -0.2) is 9.97 Å². The number of carbonyl (C=O) groups excluding carboxylic acids is 1. The van der Waals surface area contributed by atoms with Crippen LogP contribution in [-0.2, 0) is 0 Å². The summed E-state index contributed by atoms with van der Waals surface area (Å²) >= 11 is 0. The van der Waals surface area contributed by atoms with Crippen LogP contribution in [0, 0.1) is 6.92 Å². The first-order valence-electron chi connectivity index (χ1n) is 8.81. The number of nitrogens with one attached hydrogen (secondary N) is 1. The third-order valence-electron chi connectivity index (χ3n) is 4.43. The van der Waals surface area contributed by atoms with E-state index in [-0.39, 0.29) is 5.91 Å². The first-order chi connectivity index (χ1) is 13.2.